The van der Waals surface area contributed by atoms with Crippen molar-refractivity contribution in [2.24, 2.45) is 0 Å². The fourth-order valence-corrected chi connectivity index (χ4v) is 2.17. The number of fused-ring (bicyclic) bond motifs is 1. The molecule has 0 atom stereocenters. The van der Waals surface area contributed by atoms with Gasteiger partial charge in [-0.3, -0.25) is 0 Å². The molecule has 102 valence electrons. The molecule has 0 amide bonds. The highest BCUT2D eigenvalue weighted by Crippen LogP contribution is 2.28. The summed E-state index contributed by atoms with van der Waals surface area (Å²) >= 11 is 0. The van der Waals surface area contributed by atoms with E-state index in [0.29, 0.717) is 11.4 Å². The fourth-order valence-electron chi connectivity index (χ4n) is 2.17. The van der Waals surface area contributed by atoms with Gasteiger partial charge in [0.25, 0.3) is 0 Å². The number of aromatic nitrogens is 2. The summed E-state index contributed by atoms with van der Waals surface area (Å²) in [5.41, 5.74) is 9.03. The number of hydrogen-bond donors (Lipinski definition) is 2. The predicted molar refractivity (Wildman–Crippen MR) is 75.2 cm³/mol. The summed E-state index contributed by atoms with van der Waals surface area (Å²) in [6, 6.07) is 7.89. The van der Waals surface area contributed by atoms with E-state index >= 15 is 0 Å². The topological polar surface area (TPSA) is 54.7 Å². The van der Waals surface area contributed by atoms with Crippen LogP contribution in [0.3, 0.4) is 0 Å². The van der Waals surface area contributed by atoms with Gasteiger partial charge in [-0.2, -0.15) is 0 Å². The minimum absolute atomic E-state index is 0.152. The lowest BCUT2D eigenvalue weighted by Gasteiger charge is -2.03. The summed E-state index contributed by atoms with van der Waals surface area (Å²) in [7, 11) is 0. The van der Waals surface area contributed by atoms with Crippen molar-refractivity contribution in [1.29, 1.82) is 0 Å². The van der Waals surface area contributed by atoms with E-state index < -0.39 is 11.6 Å². The van der Waals surface area contributed by atoms with Crippen LogP contribution >= 0.6 is 0 Å². The average Bonchev–Trinajstić information content (AvgIpc) is 2.85. The van der Waals surface area contributed by atoms with Gasteiger partial charge in [0.1, 0.15) is 5.82 Å². The lowest BCUT2D eigenvalue weighted by Crippen LogP contribution is -1.95. The lowest BCUT2D eigenvalue weighted by molar-refractivity contribution is 0.509. The molecule has 3 rings (SSSR count). The van der Waals surface area contributed by atoms with Gasteiger partial charge in [-0.05, 0) is 30.2 Å². The quantitative estimate of drug-likeness (QED) is 0.700. The van der Waals surface area contributed by atoms with Crippen molar-refractivity contribution in [2.75, 3.05) is 5.73 Å². The number of imidazole rings is 1. The Hall–Kier alpha value is -2.43. The number of nitrogen functional groups attached to an aromatic ring is 1. The van der Waals surface area contributed by atoms with Crippen LogP contribution in [-0.4, -0.2) is 9.97 Å². The van der Waals surface area contributed by atoms with Crippen molar-refractivity contribution in [3.63, 3.8) is 0 Å². The number of aryl methyl sites for hydroxylation is 1. The molecular formula is C15H13F2N3. The van der Waals surface area contributed by atoms with E-state index in [1.165, 1.54) is 5.56 Å². The molecule has 0 radical (unpaired) electrons. The van der Waals surface area contributed by atoms with E-state index in [2.05, 4.69) is 16.9 Å². The monoisotopic (exact) mass is 273 g/mol. The molecule has 0 aliphatic rings. The van der Waals surface area contributed by atoms with Gasteiger partial charge in [-0.1, -0.05) is 13.0 Å². The summed E-state index contributed by atoms with van der Waals surface area (Å²) in [5, 5.41) is 0. The van der Waals surface area contributed by atoms with E-state index in [4.69, 9.17) is 5.73 Å². The maximum absolute atomic E-state index is 13.3. The van der Waals surface area contributed by atoms with Crippen LogP contribution in [0, 0.1) is 11.6 Å². The Morgan fingerprint density at radius 1 is 1.15 bits per heavy atom. The highest BCUT2D eigenvalue weighted by atomic mass is 19.2. The van der Waals surface area contributed by atoms with E-state index in [-0.39, 0.29) is 5.69 Å². The van der Waals surface area contributed by atoms with E-state index in [1.807, 2.05) is 18.2 Å². The Kier molecular flexibility index (Phi) is 2.89. The zero-order chi connectivity index (χ0) is 14.3. The van der Waals surface area contributed by atoms with Crippen LogP contribution in [0.4, 0.5) is 14.5 Å². The van der Waals surface area contributed by atoms with Crippen molar-refractivity contribution in [2.45, 2.75) is 13.3 Å². The van der Waals surface area contributed by atoms with Gasteiger partial charge in [-0.25, -0.2) is 13.8 Å². The zero-order valence-corrected chi connectivity index (χ0v) is 10.9. The minimum Gasteiger partial charge on any atom is -0.398 e. The summed E-state index contributed by atoms with van der Waals surface area (Å²) in [6.07, 6.45) is 0.914. The maximum atomic E-state index is 13.3. The summed E-state index contributed by atoms with van der Waals surface area (Å²) < 4.78 is 26.4. The van der Waals surface area contributed by atoms with E-state index in [1.54, 1.807) is 0 Å². The smallest absolute Gasteiger partial charge is 0.160 e. The van der Waals surface area contributed by atoms with Crippen LogP contribution in [0.1, 0.15) is 12.5 Å². The van der Waals surface area contributed by atoms with E-state index in [0.717, 1.165) is 29.6 Å². The summed E-state index contributed by atoms with van der Waals surface area (Å²) in [5.74, 6) is -1.47. The third-order valence-corrected chi connectivity index (χ3v) is 3.30. The number of halogens is 2. The van der Waals surface area contributed by atoms with E-state index in [9.17, 15) is 8.78 Å². The minimum atomic E-state index is -0.962. The molecule has 1 heterocycles. The number of aromatic amines is 1. The number of nitrogens with two attached hydrogens (primary N) is 1. The molecule has 3 aromatic rings. The highest BCUT2D eigenvalue weighted by molar-refractivity contribution is 5.82. The maximum Gasteiger partial charge on any atom is 0.160 e. The molecular weight excluding hydrogens is 260 g/mol. The third-order valence-electron chi connectivity index (χ3n) is 3.30. The Balaban J connectivity index is 2.17. The van der Waals surface area contributed by atoms with Crippen LogP contribution < -0.4 is 5.73 Å². The second-order valence-electron chi connectivity index (χ2n) is 4.64. The van der Waals surface area contributed by atoms with Crippen molar-refractivity contribution < 1.29 is 8.78 Å². The first kappa shape index (κ1) is 12.6. The van der Waals surface area contributed by atoms with Crippen molar-refractivity contribution >= 4 is 16.7 Å². The fraction of sp³-hybridized carbons (Fsp3) is 0.133. The normalized spacial score (nSPS) is 11.2. The van der Waals surface area contributed by atoms with Crippen LogP contribution in [-0.2, 0) is 6.42 Å². The van der Waals surface area contributed by atoms with Gasteiger partial charge in [0.05, 0.1) is 11.0 Å². The van der Waals surface area contributed by atoms with Crippen LogP contribution in [0.25, 0.3) is 22.4 Å². The number of nitrogens with one attached hydrogen (secondary N) is 1. The molecule has 0 bridgehead atoms. The third kappa shape index (κ3) is 2.01. The van der Waals surface area contributed by atoms with Gasteiger partial charge >= 0.3 is 0 Å². The molecule has 0 saturated heterocycles. The molecule has 0 aliphatic carbocycles. The number of nitrogens with zero attached hydrogens (tertiary/aromatic N) is 1. The standard InChI is InChI=1S/C15H13F2N3/c1-2-8-3-4-13-14(5-8)20-15(19-13)9-6-10(16)11(17)7-12(9)18/h3-7H,2,18H2,1H3,(H,19,20). The Morgan fingerprint density at radius 2 is 1.90 bits per heavy atom. The lowest BCUT2D eigenvalue weighted by atomic mass is 10.1. The van der Waals surface area contributed by atoms with Gasteiger partial charge in [0, 0.05) is 17.3 Å². The zero-order valence-electron chi connectivity index (χ0n) is 10.9. The number of benzene rings is 2. The van der Waals surface area contributed by atoms with Gasteiger partial charge < -0.3 is 10.7 Å². The Morgan fingerprint density at radius 3 is 2.65 bits per heavy atom. The molecule has 1 aromatic heterocycles. The first-order valence-electron chi connectivity index (χ1n) is 6.32. The van der Waals surface area contributed by atoms with Crippen LogP contribution in [0.2, 0.25) is 0 Å². The van der Waals surface area contributed by atoms with Crippen molar-refractivity contribution in [1.82, 2.24) is 9.97 Å². The Labute approximate surface area is 114 Å². The largest absolute Gasteiger partial charge is 0.398 e. The first-order chi connectivity index (χ1) is 9.58. The number of anilines is 1. The van der Waals surface area contributed by atoms with Crippen molar-refractivity contribution in [3.05, 3.63) is 47.5 Å². The first-order valence-corrected chi connectivity index (χ1v) is 6.32. The van der Waals surface area contributed by atoms with Crippen molar-refractivity contribution in [3.8, 4) is 11.4 Å². The second kappa shape index (κ2) is 4.59. The van der Waals surface area contributed by atoms with Gasteiger partial charge in [-0.15, -0.1) is 0 Å². The average molecular weight is 273 g/mol. The molecule has 0 aliphatic heterocycles. The van der Waals surface area contributed by atoms with Gasteiger partial charge in [0.15, 0.2) is 11.6 Å². The molecule has 3 nitrogen and oxygen atoms in total. The number of rotatable bonds is 2. The predicted octanol–water partition coefficient (Wildman–Crippen LogP) is 3.65. The van der Waals surface area contributed by atoms with Crippen LogP contribution in [0.15, 0.2) is 30.3 Å². The Bertz CT molecular complexity index is 793. The summed E-state index contributed by atoms with van der Waals surface area (Å²) in [4.78, 5) is 7.46. The molecule has 0 saturated carbocycles. The second-order valence-corrected chi connectivity index (χ2v) is 4.64. The molecule has 0 spiro atoms. The number of hydrogen-bond acceptors (Lipinski definition) is 2. The summed E-state index contributed by atoms with van der Waals surface area (Å²) in [6.45, 7) is 2.06. The molecule has 2 aromatic carbocycles. The molecule has 5 heteroatoms. The van der Waals surface area contributed by atoms with Gasteiger partial charge in [0.2, 0.25) is 0 Å². The molecule has 0 unspecified atom stereocenters. The van der Waals surface area contributed by atoms with Crippen LogP contribution in [0.5, 0.6) is 0 Å². The molecule has 0 fully saturated rings. The highest BCUT2D eigenvalue weighted by Gasteiger charge is 2.13. The SMILES string of the molecule is CCc1ccc2nc(-c3cc(F)c(F)cc3N)[nH]c2c1. The molecule has 20 heavy (non-hydrogen) atoms. The molecule has 3 N–H and O–H groups in total. The number of H-pyrrole nitrogens is 1.